The van der Waals surface area contributed by atoms with Crippen molar-refractivity contribution >= 4 is 21.9 Å². The fraction of sp³-hybridized carbons (Fsp3) is 0.652. The van der Waals surface area contributed by atoms with Gasteiger partial charge in [-0.2, -0.15) is 4.31 Å². The van der Waals surface area contributed by atoms with E-state index in [0.29, 0.717) is 24.9 Å². The minimum atomic E-state index is -3.66. The number of hydrogen-bond acceptors (Lipinski definition) is 5. The quantitative estimate of drug-likeness (QED) is 0.671. The average Bonchev–Trinajstić information content (AvgIpc) is 3.05. The molecule has 1 N–H and O–H groups in total. The Bertz CT molecular complexity index is 878. The van der Waals surface area contributed by atoms with Gasteiger partial charge in [0.2, 0.25) is 10.0 Å². The van der Waals surface area contributed by atoms with E-state index in [-0.39, 0.29) is 29.0 Å². The molecular formula is C23H34N2O5S. The Morgan fingerprint density at radius 2 is 1.77 bits per heavy atom. The van der Waals surface area contributed by atoms with Gasteiger partial charge in [0.25, 0.3) is 5.91 Å². The summed E-state index contributed by atoms with van der Waals surface area (Å²) < 4.78 is 32.6. The van der Waals surface area contributed by atoms with Crippen LogP contribution < -0.4 is 5.32 Å². The lowest BCUT2D eigenvalue weighted by atomic mass is 9.78. The highest BCUT2D eigenvalue weighted by atomic mass is 32.2. The average molecular weight is 451 g/mol. The molecule has 1 aromatic rings. The fourth-order valence-corrected chi connectivity index (χ4v) is 6.03. The van der Waals surface area contributed by atoms with Gasteiger partial charge in [-0.25, -0.2) is 13.2 Å². The SMILES string of the molecule is CC1CCCC(NC(=O)COC(=O)c2cccc(S(=O)(=O)N3CCCCCC3)c2)C1C. The van der Waals surface area contributed by atoms with Crippen molar-refractivity contribution in [1.82, 2.24) is 9.62 Å². The van der Waals surface area contributed by atoms with Crippen LogP contribution in [0.15, 0.2) is 29.2 Å². The number of nitrogens with zero attached hydrogens (tertiary/aromatic N) is 1. The van der Waals surface area contributed by atoms with E-state index in [0.717, 1.165) is 38.5 Å². The number of sulfonamides is 1. The Balaban J connectivity index is 1.59. The van der Waals surface area contributed by atoms with Crippen molar-refractivity contribution in [2.75, 3.05) is 19.7 Å². The number of hydrogen-bond donors (Lipinski definition) is 1. The van der Waals surface area contributed by atoms with Gasteiger partial charge in [-0.3, -0.25) is 4.79 Å². The fourth-order valence-electron chi connectivity index (χ4n) is 4.46. The second kappa shape index (κ2) is 10.6. The molecule has 1 amide bonds. The molecule has 1 heterocycles. The molecular weight excluding hydrogens is 416 g/mol. The van der Waals surface area contributed by atoms with Gasteiger partial charge < -0.3 is 10.1 Å². The lowest BCUT2D eigenvalue weighted by Gasteiger charge is -2.34. The Labute approximate surface area is 185 Å². The topological polar surface area (TPSA) is 92.8 Å². The molecule has 2 fully saturated rings. The third-order valence-corrected chi connectivity index (χ3v) is 8.55. The van der Waals surface area contributed by atoms with E-state index in [4.69, 9.17) is 4.74 Å². The highest BCUT2D eigenvalue weighted by molar-refractivity contribution is 7.89. The monoisotopic (exact) mass is 450 g/mol. The summed E-state index contributed by atoms with van der Waals surface area (Å²) in [5.74, 6) is -0.0921. The molecule has 1 aromatic carbocycles. The van der Waals surface area contributed by atoms with E-state index in [1.54, 1.807) is 0 Å². The van der Waals surface area contributed by atoms with E-state index >= 15 is 0 Å². The lowest BCUT2D eigenvalue weighted by molar-refractivity contribution is -0.125. The van der Waals surface area contributed by atoms with Crippen molar-refractivity contribution in [1.29, 1.82) is 0 Å². The maximum atomic E-state index is 13.0. The first kappa shape index (κ1) is 23.7. The zero-order valence-corrected chi connectivity index (χ0v) is 19.3. The summed E-state index contributed by atoms with van der Waals surface area (Å²) in [7, 11) is -3.66. The van der Waals surface area contributed by atoms with Gasteiger partial charge in [0.05, 0.1) is 10.5 Å². The minimum Gasteiger partial charge on any atom is -0.452 e. The number of rotatable bonds is 6. The van der Waals surface area contributed by atoms with Crippen LogP contribution in [0.25, 0.3) is 0 Å². The summed E-state index contributed by atoms with van der Waals surface area (Å²) >= 11 is 0. The van der Waals surface area contributed by atoms with Crippen LogP contribution in [0.3, 0.4) is 0 Å². The molecule has 1 saturated heterocycles. The second-order valence-corrected chi connectivity index (χ2v) is 10.8. The van der Waals surface area contributed by atoms with Gasteiger partial charge in [0.1, 0.15) is 0 Å². The molecule has 1 saturated carbocycles. The van der Waals surface area contributed by atoms with Crippen molar-refractivity contribution in [2.24, 2.45) is 11.8 Å². The predicted molar refractivity (Wildman–Crippen MR) is 118 cm³/mol. The zero-order valence-electron chi connectivity index (χ0n) is 18.5. The molecule has 1 aliphatic carbocycles. The summed E-state index contributed by atoms with van der Waals surface area (Å²) in [6.45, 7) is 4.94. The van der Waals surface area contributed by atoms with Gasteiger partial charge in [-0.05, 0) is 49.3 Å². The van der Waals surface area contributed by atoms with E-state index in [1.807, 2.05) is 0 Å². The van der Waals surface area contributed by atoms with Crippen molar-refractivity contribution in [3.05, 3.63) is 29.8 Å². The number of amides is 1. The molecule has 8 heteroatoms. The van der Waals surface area contributed by atoms with Crippen LogP contribution in [0.4, 0.5) is 0 Å². The third-order valence-electron chi connectivity index (χ3n) is 6.66. The highest BCUT2D eigenvalue weighted by Gasteiger charge is 2.29. The molecule has 3 atom stereocenters. The van der Waals surface area contributed by atoms with E-state index in [2.05, 4.69) is 19.2 Å². The molecule has 0 radical (unpaired) electrons. The van der Waals surface area contributed by atoms with Gasteiger partial charge in [-0.1, -0.05) is 45.6 Å². The molecule has 0 bridgehead atoms. The predicted octanol–water partition coefficient (Wildman–Crippen LogP) is 3.35. The zero-order chi connectivity index (χ0) is 22.4. The first-order valence-electron chi connectivity index (χ1n) is 11.4. The van der Waals surface area contributed by atoms with Crippen LogP contribution in [0, 0.1) is 11.8 Å². The molecule has 31 heavy (non-hydrogen) atoms. The molecule has 3 unspecified atom stereocenters. The molecule has 0 aromatic heterocycles. The molecule has 2 aliphatic rings. The summed E-state index contributed by atoms with van der Waals surface area (Å²) in [5.41, 5.74) is 0.128. The van der Waals surface area contributed by atoms with Crippen LogP contribution in [0.1, 0.15) is 69.2 Å². The van der Waals surface area contributed by atoms with E-state index in [1.165, 1.54) is 35.0 Å². The largest absolute Gasteiger partial charge is 0.452 e. The van der Waals surface area contributed by atoms with Crippen LogP contribution in [-0.4, -0.2) is 50.3 Å². The van der Waals surface area contributed by atoms with Crippen LogP contribution in [0.5, 0.6) is 0 Å². The van der Waals surface area contributed by atoms with Gasteiger partial charge in [-0.15, -0.1) is 0 Å². The summed E-state index contributed by atoms with van der Waals surface area (Å²) in [5, 5.41) is 2.97. The summed E-state index contributed by atoms with van der Waals surface area (Å²) in [4.78, 5) is 24.8. The Morgan fingerprint density at radius 3 is 2.48 bits per heavy atom. The van der Waals surface area contributed by atoms with Crippen molar-refractivity contribution < 1.29 is 22.7 Å². The summed E-state index contributed by atoms with van der Waals surface area (Å²) in [6, 6.07) is 5.97. The van der Waals surface area contributed by atoms with Crippen LogP contribution in [0.2, 0.25) is 0 Å². The maximum Gasteiger partial charge on any atom is 0.338 e. The van der Waals surface area contributed by atoms with Gasteiger partial charge >= 0.3 is 5.97 Å². The van der Waals surface area contributed by atoms with Gasteiger partial charge in [0.15, 0.2) is 6.61 Å². The highest BCUT2D eigenvalue weighted by Crippen LogP contribution is 2.29. The number of carbonyl (C=O) groups excluding carboxylic acids is 2. The van der Waals surface area contributed by atoms with Crippen molar-refractivity contribution in [3.8, 4) is 0 Å². The smallest absolute Gasteiger partial charge is 0.338 e. The molecule has 1 aliphatic heterocycles. The number of esters is 1. The first-order valence-corrected chi connectivity index (χ1v) is 12.8. The number of ether oxygens (including phenoxy) is 1. The van der Waals surface area contributed by atoms with Crippen LogP contribution in [-0.2, 0) is 19.6 Å². The van der Waals surface area contributed by atoms with Gasteiger partial charge in [0, 0.05) is 19.1 Å². The van der Waals surface area contributed by atoms with E-state index < -0.39 is 16.0 Å². The van der Waals surface area contributed by atoms with Crippen LogP contribution >= 0.6 is 0 Å². The van der Waals surface area contributed by atoms with Crippen molar-refractivity contribution in [3.63, 3.8) is 0 Å². The Kier molecular flexibility index (Phi) is 8.11. The maximum absolute atomic E-state index is 13.0. The third kappa shape index (κ3) is 6.07. The Hall–Kier alpha value is -1.93. The molecule has 7 nitrogen and oxygen atoms in total. The summed E-state index contributed by atoms with van der Waals surface area (Å²) in [6.07, 6.45) is 6.91. The lowest BCUT2D eigenvalue weighted by Crippen LogP contribution is -2.45. The number of benzene rings is 1. The number of nitrogens with one attached hydrogen (secondary N) is 1. The van der Waals surface area contributed by atoms with Crippen molar-refractivity contribution in [2.45, 2.75) is 69.7 Å². The molecule has 0 spiro atoms. The molecule has 172 valence electrons. The van der Waals surface area contributed by atoms with E-state index in [9.17, 15) is 18.0 Å². The number of carbonyl (C=O) groups is 2. The minimum absolute atomic E-state index is 0.0818. The molecule has 3 rings (SSSR count). The Morgan fingerprint density at radius 1 is 1.06 bits per heavy atom. The second-order valence-electron chi connectivity index (χ2n) is 8.86. The standard InChI is InChI=1S/C23H34N2O5S/c1-17-9-7-12-21(18(17)2)24-22(26)16-30-23(27)19-10-8-11-20(15-19)31(28,29)25-13-5-3-4-6-14-25/h8,10-11,15,17-18,21H,3-7,9,12-14,16H2,1-2H3,(H,24,26). The first-order chi connectivity index (χ1) is 14.8. The normalized spacial score (nSPS) is 25.4.